The van der Waals surface area contributed by atoms with Crippen LogP contribution in [0.2, 0.25) is 5.02 Å². The lowest BCUT2D eigenvalue weighted by Crippen LogP contribution is -2.37. The van der Waals surface area contributed by atoms with Gasteiger partial charge in [0.05, 0.1) is 5.92 Å². The van der Waals surface area contributed by atoms with E-state index in [0.717, 1.165) is 10.0 Å². The molecule has 2 rings (SSSR count). The van der Waals surface area contributed by atoms with Gasteiger partial charge in [0.1, 0.15) is 0 Å². The zero-order valence-electron chi connectivity index (χ0n) is 9.97. The molecule has 6 heteroatoms. The standard InChI is InChI=1S/C12H15BrClN3O/c1-7-10(6-16-17-7)12(18)15-5-8-2-3-9(13)4-11(8)14/h2-4,7,10,16-17H,5-6H2,1H3,(H,15,18). The predicted molar refractivity (Wildman–Crippen MR) is 75.1 cm³/mol. The van der Waals surface area contributed by atoms with Crippen LogP contribution in [0.3, 0.4) is 0 Å². The molecule has 1 amide bonds. The summed E-state index contributed by atoms with van der Waals surface area (Å²) in [5.41, 5.74) is 6.92. The van der Waals surface area contributed by atoms with Crippen molar-refractivity contribution in [2.75, 3.05) is 6.54 Å². The lowest BCUT2D eigenvalue weighted by atomic mass is 10.0. The van der Waals surface area contributed by atoms with Gasteiger partial charge in [-0.1, -0.05) is 33.6 Å². The highest BCUT2D eigenvalue weighted by atomic mass is 79.9. The van der Waals surface area contributed by atoms with Crippen LogP contribution in [-0.2, 0) is 11.3 Å². The number of hydrazine groups is 1. The summed E-state index contributed by atoms with van der Waals surface area (Å²) in [5, 5.41) is 3.57. The Bertz CT molecular complexity index is 455. The molecule has 0 aromatic heterocycles. The van der Waals surface area contributed by atoms with Gasteiger partial charge in [-0.15, -0.1) is 0 Å². The van der Waals surface area contributed by atoms with E-state index in [1.807, 2.05) is 25.1 Å². The summed E-state index contributed by atoms with van der Waals surface area (Å²) in [7, 11) is 0. The number of hydrogen-bond acceptors (Lipinski definition) is 3. The third-order valence-electron chi connectivity index (χ3n) is 3.06. The van der Waals surface area contributed by atoms with Gasteiger partial charge in [0.2, 0.25) is 5.91 Å². The average Bonchev–Trinajstić information content (AvgIpc) is 2.74. The first-order chi connectivity index (χ1) is 8.58. The van der Waals surface area contributed by atoms with Crippen LogP contribution < -0.4 is 16.2 Å². The smallest absolute Gasteiger partial charge is 0.226 e. The Kier molecular flexibility index (Phi) is 4.61. The van der Waals surface area contributed by atoms with Crippen molar-refractivity contribution in [2.45, 2.75) is 19.5 Å². The first-order valence-electron chi connectivity index (χ1n) is 5.78. The molecular formula is C12H15BrClN3O. The van der Waals surface area contributed by atoms with Crippen LogP contribution in [0.25, 0.3) is 0 Å². The van der Waals surface area contributed by atoms with Gasteiger partial charge in [-0.3, -0.25) is 15.6 Å². The third-order valence-corrected chi connectivity index (χ3v) is 3.91. The van der Waals surface area contributed by atoms with Crippen LogP contribution in [0, 0.1) is 5.92 Å². The van der Waals surface area contributed by atoms with E-state index in [9.17, 15) is 4.79 Å². The summed E-state index contributed by atoms with van der Waals surface area (Å²) >= 11 is 9.45. The average molecular weight is 333 g/mol. The largest absolute Gasteiger partial charge is 0.352 e. The van der Waals surface area contributed by atoms with Crippen molar-refractivity contribution in [3.05, 3.63) is 33.3 Å². The van der Waals surface area contributed by atoms with E-state index in [1.165, 1.54) is 0 Å². The molecule has 18 heavy (non-hydrogen) atoms. The van der Waals surface area contributed by atoms with E-state index >= 15 is 0 Å². The van der Waals surface area contributed by atoms with E-state index < -0.39 is 0 Å². The van der Waals surface area contributed by atoms with Gasteiger partial charge < -0.3 is 5.32 Å². The summed E-state index contributed by atoms with van der Waals surface area (Å²) in [6.45, 7) is 3.09. The summed E-state index contributed by atoms with van der Waals surface area (Å²) in [6, 6.07) is 5.78. The maximum atomic E-state index is 12.0. The molecule has 98 valence electrons. The minimum Gasteiger partial charge on any atom is -0.352 e. The van der Waals surface area contributed by atoms with E-state index in [4.69, 9.17) is 11.6 Å². The molecule has 0 radical (unpaired) electrons. The van der Waals surface area contributed by atoms with Crippen molar-refractivity contribution >= 4 is 33.4 Å². The van der Waals surface area contributed by atoms with Gasteiger partial charge in [-0.05, 0) is 24.6 Å². The maximum absolute atomic E-state index is 12.0. The number of rotatable bonds is 3. The molecule has 0 bridgehead atoms. The molecule has 1 aliphatic heterocycles. The lowest BCUT2D eigenvalue weighted by Gasteiger charge is -2.14. The van der Waals surface area contributed by atoms with Crippen LogP contribution in [0.15, 0.2) is 22.7 Å². The fourth-order valence-electron chi connectivity index (χ4n) is 1.91. The van der Waals surface area contributed by atoms with Crippen molar-refractivity contribution in [1.82, 2.24) is 16.2 Å². The van der Waals surface area contributed by atoms with Gasteiger partial charge in [-0.2, -0.15) is 0 Å². The highest BCUT2D eigenvalue weighted by Crippen LogP contribution is 2.21. The number of hydrogen-bond donors (Lipinski definition) is 3. The van der Waals surface area contributed by atoms with Crippen molar-refractivity contribution in [1.29, 1.82) is 0 Å². The fraction of sp³-hybridized carbons (Fsp3) is 0.417. The molecule has 1 heterocycles. The normalized spacial score (nSPS) is 23.1. The second-order valence-electron chi connectivity index (χ2n) is 4.37. The second-order valence-corrected chi connectivity index (χ2v) is 5.70. The van der Waals surface area contributed by atoms with Crippen LogP contribution >= 0.6 is 27.5 Å². The summed E-state index contributed by atoms with van der Waals surface area (Å²) in [4.78, 5) is 12.0. The van der Waals surface area contributed by atoms with Crippen molar-refractivity contribution in [3.8, 4) is 0 Å². The van der Waals surface area contributed by atoms with E-state index in [-0.39, 0.29) is 17.9 Å². The molecule has 2 unspecified atom stereocenters. The van der Waals surface area contributed by atoms with E-state index in [1.54, 1.807) is 0 Å². The molecule has 3 N–H and O–H groups in total. The van der Waals surface area contributed by atoms with Crippen LogP contribution in [0.5, 0.6) is 0 Å². The molecule has 4 nitrogen and oxygen atoms in total. The van der Waals surface area contributed by atoms with Gasteiger partial charge in [0, 0.05) is 28.6 Å². The maximum Gasteiger partial charge on any atom is 0.226 e. The van der Waals surface area contributed by atoms with Gasteiger partial charge in [0.15, 0.2) is 0 Å². The molecule has 0 aliphatic carbocycles. The Morgan fingerprint density at radius 3 is 3.00 bits per heavy atom. The van der Waals surface area contributed by atoms with Crippen molar-refractivity contribution < 1.29 is 4.79 Å². The third kappa shape index (κ3) is 3.23. The van der Waals surface area contributed by atoms with Gasteiger partial charge in [-0.25, -0.2) is 0 Å². The molecular weight excluding hydrogens is 318 g/mol. The number of carbonyl (C=O) groups excluding carboxylic acids is 1. The van der Waals surface area contributed by atoms with E-state index in [0.29, 0.717) is 18.1 Å². The van der Waals surface area contributed by atoms with Gasteiger partial charge >= 0.3 is 0 Å². The molecule has 2 atom stereocenters. The van der Waals surface area contributed by atoms with E-state index in [2.05, 4.69) is 32.1 Å². The summed E-state index contributed by atoms with van der Waals surface area (Å²) in [5.74, 6) is -0.00166. The Balaban J connectivity index is 1.93. The zero-order valence-corrected chi connectivity index (χ0v) is 12.3. The highest BCUT2D eigenvalue weighted by Gasteiger charge is 2.29. The van der Waals surface area contributed by atoms with Crippen molar-refractivity contribution in [3.63, 3.8) is 0 Å². The molecule has 1 aliphatic rings. The predicted octanol–water partition coefficient (Wildman–Crippen LogP) is 1.83. The van der Waals surface area contributed by atoms with Crippen LogP contribution in [0.4, 0.5) is 0 Å². The lowest BCUT2D eigenvalue weighted by molar-refractivity contribution is -0.124. The molecule has 1 saturated heterocycles. The second kappa shape index (κ2) is 6.02. The minimum absolute atomic E-state index is 0.0407. The highest BCUT2D eigenvalue weighted by molar-refractivity contribution is 9.10. The SMILES string of the molecule is CC1NNCC1C(=O)NCc1ccc(Br)cc1Cl. The van der Waals surface area contributed by atoms with Crippen LogP contribution in [-0.4, -0.2) is 18.5 Å². The number of amides is 1. The molecule has 0 spiro atoms. The molecule has 1 aromatic carbocycles. The quantitative estimate of drug-likeness (QED) is 0.791. The monoisotopic (exact) mass is 331 g/mol. The number of halogens is 2. The van der Waals surface area contributed by atoms with Gasteiger partial charge in [0.25, 0.3) is 0 Å². The molecule has 1 aromatic rings. The first-order valence-corrected chi connectivity index (χ1v) is 6.95. The zero-order chi connectivity index (χ0) is 13.1. The number of carbonyl (C=O) groups is 1. The Morgan fingerprint density at radius 1 is 1.61 bits per heavy atom. The number of benzene rings is 1. The topological polar surface area (TPSA) is 53.2 Å². The number of nitrogens with one attached hydrogen (secondary N) is 3. The molecule has 1 fully saturated rings. The summed E-state index contributed by atoms with van der Waals surface area (Å²) in [6.07, 6.45) is 0. The Hall–Kier alpha value is -0.620. The minimum atomic E-state index is -0.0424. The summed E-state index contributed by atoms with van der Waals surface area (Å²) < 4.78 is 0.931. The Morgan fingerprint density at radius 2 is 2.39 bits per heavy atom. The van der Waals surface area contributed by atoms with Crippen LogP contribution in [0.1, 0.15) is 12.5 Å². The Labute approximate surface area is 120 Å². The fourth-order valence-corrected chi connectivity index (χ4v) is 2.65. The first kappa shape index (κ1) is 13.8. The van der Waals surface area contributed by atoms with Crippen molar-refractivity contribution in [2.24, 2.45) is 5.92 Å². The molecule has 0 saturated carbocycles.